The molecule has 2 aromatic carbocycles. The van der Waals surface area contributed by atoms with Gasteiger partial charge in [-0.1, -0.05) is 24.3 Å². The Morgan fingerprint density at radius 1 is 1.21 bits per heavy atom. The molecule has 2 aromatic rings. The lowest BCUT2D eigenvalue weighted by atomic mass is 10.1. The fourth-order valence-corrected chi connectivity index (χ4v) is 1.65. The van der Waals surface area contributed by atoms with Crippen LogP contribution in [0.1, 0.15) is 21.5 Å². The number of phenols is 1. The zero-order valence-electron chi connectivity index (χ0n) is 10.1. The summed E-state index contributed by atoms with van der Waals surface area (Å²) in [5.74, 6) is -0.197. The lowest BCUT2D eigenvalue weighted by Gasteiger charge is -2.07. The molecular formula is C15H12N2O2. The monoisotopic (exact) mass is 252 g/mol. The molecule has 0 aliphatic carbocycles. The van der Waals surface area contributed by atoms with Crippen molar-refractivity contribution in [3.8, 4) is 11.8 Å². The van der Waals surface area contributed by atoms with E-state index >= 15 is 0 Å². The van der Waals surface area contributed by atoms with Gasteiger partial charge in [0.25, 0.3) is 5.91 Å². The molecule has 0 bridgehead atoms. The Labute approximate surface area is 110 Å². The molecule has 0 saturated heterocycles. The molecule has 4 nitrogen and oxygen atoms in total. The minimum absolute atomic E-state index is 0.00686. The summed E-state index contributed by atoms with van der Waals surface area (Å²) in [7, 11) is 0. The maximum atomic E-state index is 11.8. The maximum absolute atomic E-state index is 11.8. The number of nitrogens with one attached hydrogen (secondary N) is 1. The predicted octanol–water partition coefficient (Wildman–Crippen LogP) is 2.19. The summed E-state index contributed by atoms with van der Waals surface area (Å²) in [6.45, 7) is 0.214. The number of rotatable bonds is 3. The van der Waals surface area contributed by atoms with Crippen LogP contribution in [0.5, 0.6) is 5.75 Å². The average Bonchev–Trinajstić information content (AvgIpc) is 2.46. The average molecular weight is 252 g/mol. The maximum Gasteiger partial charge on any atom is 0.251 e. The van der Waals surface area contributed by atoms with Crippen molar-refractivity contribution in [1.29, 1.82) is 5.26 Å². The first kappa shape index (κ1) is 12.7. The number of amides is 1. The normalized spacial score (nSPS) is 9.63. The molecule has 0 saturated carbocycles. The second-order valence-electron chi connectivity index (χ2n) is 4.00. The van der Waals surface area contributed by atoms with E-state index in [9.17, 15) is 9.90 Å². The second kappa shape index (κ2) is 5.69. The Morgan fingerprint density at radius 2 is 1.95 bits per heavy atom. The first-order valence-electron chi connectivity index (χ1n) is 5.76. The number of nitrogens with zero attached hydrogens (tertiary/aromatic N) is 1. The third kappa shape index (κ3) is 3.11. The van der Waals surface area contributed by atoms with E-state index in [0.717, 1.165) is 0 Å². The van der Waals surface area contributed by atoms with Crippen LogP contribution in [0.15, 0.2) is 48.5 Å². The minimum atomic E-state index is -0.204. The SMILES string of the molecule is N#Cc1ccc(CNC(=O)c2ccccc2)c(O)c1. The zero-order valence-corrected chi connectivity index (χ0v) is 10.1. The Balaban J connectivity index is 2.04. The summed E-state index contributed by atoms with van der Waals surface area (Å²) in [6, 6.07) is 15.4. The molecule has 1 amide bonds. The predicted molar refractivity (Wildman–Crippen MR) is 70.4 cm³/mol. The molecule has 0 aliphatic rings. The van der Waals surface area contributed by atoms with Crippen molar-refractivity contribution in [3.05, 3.63) is 65.2 Å². The molecule has 0 atom stereocenters. The summed E-state index contributed by atoms with van der Waals surface area (Å²) in [6.07, 6.45) is 0. The van der Waals surface area contributed by atoms with Crippen LogP contribution in [-0.2, 0) is 6.54 Å². The molecular weight excluding hydrogens is 240 g/mol. The van der Waals surface area contributed by atoms with Gasteiger partial charge >= 0.3 is 0 Å². The van der Waals surface area contributed by atoms with Crippen LogP contribution < -0.4 is 5.32 Å². The van der Waals surface area contributed by atoms with Gasteiger partial charge in [-0.15, -0.1) is 0 Å². The van der Waals surface area contributed by atoms with Crippen LogP contribution in [0, 0.1) is 11.3 Å². The van der Waals surface area contributed by atoms with Crippen molar-refractivity contribution in [3.63, 3.8) is 0 Å². The van der Waals surface area contributed by atoms with E-state index in [4.69, 9.17) is 5.26 Å². The van der Waals surface area contributed by atoms with Gasteiger partial charge in [-0.3, -0.25) is 4.79 Å². The molecule has 0 aromatic heterocycles. The highest BCUT2D eigenvalue weighted by Crippen LogP contribution is 2.18. The number of benzene rings is 2. The van der Waals surface area contributed by atoms with Gasteiger partial charge in [-0.25, -0.2) is 0 Å². The second-order valence-corrected chi connectivity index (χ2v) is 4.00. The van der Waals surface area contributed by atoms with Crippen LogP contribution in [0.25, 0.3) is 0 Å². The first-order valence-corrected chi connectivity index (χ1v) is 5.76. The van der Waals surface area contributed by atoms with E-state index in [2.05, 4.69) is 5.32 Å². The van der Waals surface area contributed by atoms with Gasteiger partial charge in [0.15, 0.2) is 0 Å². The number of carbonyl (C=O) groups excluding carboxylic acids is 1. The van der Waals surface area contributed by atoms with Gasteiger partial charge < -0.3 is 10.4 Å². The third-order valence-corrected chi connectivity index (χ3v) is 2.69. The molecule has 0 radical (unpaired) electrons. The molecule has 4 heteroatoms. The van der Waals surface area contributed by atoms with Gasteiger partial charge in [-0.2, -0.15) is 5.26 Å². The summed E-state index contributed by atoms with van der Waals surface area (Å²) >= 11 is 0. The lowest BCUT2D eigenvalue weighted by Crippen LogP contribution is -2.22. The number of hydrogen-bond donors (Lipinski definition) is 2. The van der Waals surface area contributed by atoms with E-state index in [-0.39, 0.29) is 18.2 Å². The van der Waals surface area contributed by atoms with Crippen LogP contribution in [-0.4, -0.2) is 11.0 Å². The van der Waals surface area contributed by atoms with Crippen molar-refractivity contribution in [2.75, 3.05) is 0 Å². The Morgan fingerprint density at radius 3 is 2.58 bits per heavy atom. The molecule has 94 valence electrons. The molecule has 0 fully saturated rings. The van der Waals surface area contributed by atoms with Crippen molar-refractivity contribution >= 4 is 5.91 Å². The Hall–Kier alpha value is -2.80. The van der Waals surface area contributed by atoms with Crippen LogP contribution in [0.2, 0.25) is 0 Å². The fourth-order valence-electron chi connectivity index (χ4n) is 1.65. The molecule has 0 spiro atoms. The number of hydrogen-bond acceptors (Lipinski definition) is 3. The van der Waals surface area contributed by atoms with Gasteiger partial charge in [0, 0.05) is 17.7 Å². The van der Waals surface area contributed by atoms with Crippen molar-refractivity contribution in [2.24, 2.45) is 0 Å². The Kier molecular flexibility index (Phi) is 3.79. The van der Waals surface area contributed by atoms with Gasteiger partial charge in [0.05, 0.1) is 11.6 Å². The molecule has 2 rings (SSSR count). The third-order valence-electron chi connectivity index (χ3n) is 2.69. The van der Waals surface area contributed by atoms with E-state index < -0.39 is 0 Å². The van der Waals surface area contributed by atoms with Crippen molar-refractivity contribution in [1.82, 2.24) is 5.32 Å². The van der Waals surface area contributed by atoms with Gasteiger partial charge in [-0.05, 0) is 24.3 Å². The van der Waals surface area contributed by atoms with Crippen molar-refractivity contribution < 1.29 is 9.90 Å². The molecule has 0 unspecified atom stereocenters. The summed E-state index contributed by atoms with van der Waals surface area (Å²) in [4.78, 5) is 11.8. The van der Waals surface area contributed by atoms with E-state index in [1.165, 1.54) is 6.07 Å². The number of phenolic OH excluding ortho intramolecular Hbond substituents is 1. The highest BCUT2D eigenvalue weighted by atomic mass is 16.3. The lowest BCUT2D eigenvalue weighted by molar-refractivity contribution is 0.0951. The molecule has 19 heavy (non-hydrogen) atoms. The molecule has 0 heterocycles. The largest absolute Gasteiger partial charge is 0.508 e. The van der Waals surface area contributed by atoms with Crippen LogP contribution in [0.3, 0.4) is 0 Å². The zero-order chi connectivity index (χ0) is 13.7. The first-order chi connectivity index (χ1) is 9.20. The molecule has 2 N–H and O–H groups in total. The van der Waals surface area contributed by atoms with E-state index in [1.54, 1.807) is 36.4 Å². The standard InChI is InChI=1S/C15H12N2O2/c16-9-11-6-7-13(14(18)8-11)10-17-15(19)12-4-2-1-3-5-12/h1-8,18H,10H2,(H,17,19). The number of aromatic hydroxyl groups is 1. The highest BCUT2D eigenvalue weighted by molar-refractivity contribution is 5.94. The van der Waals surface area contributed by atoms with Gasteiger partial charge in [0.1, 0.15) is 5.75 Å². The number of nitriles is 1. The van der Waals surface area contributed by atoms with Gasteiger partial charge in [0.2, 0.25) is 0 Å². The van der Waals surface area contributed by atoms with E-state index in [1.807, 2.05) is 12.1 Å². The Bertz CT molecular complexity index is 630. The van der Waals surface area contributed by atoms with Crippen molar-refractivity contribution in [2.45, 2.75) is 6.54 Å². The van der Waals surface area contributed by atoms with E-state index in [0.29, 0.717) is 16.7 Å². The van der Waals surface area contributed by atoms with Crippen LogP contribution >= 0.6 is 0 Å². The summed E-state index contributed by atoms with van der Waals surface area (Å²) < 4.78 is 0. The fraction of sp³-hybridized carbons (Fsp3) is 0.0667. The topological polar surface area (TPSA) is 73.1 Å². The molecule has 0 aliphatic heterocycles. The smallest absolute Gasteiger partial charge is 0.251 e. The summed E-state index contributed by atoms with van der Waals surface area (Å²) in [5.41, 5.74) is 1.52. The van der Waals surface area contributed by atoms with Crippen LogP contribution in [0.4, 0.5) is 0 Å². The quantitative estimate of drug-likeness (QED) is 0.879. The minimum Gasteiger partial charge on any atom is -0.508 e. The summed E-state index contributed by atoms with van der Waals surface area (Å²) in [5, 5.41) is 21.1. The highest BCUT2D eigenvalue weighted by Gasteiger charge is 2.07. The number of carbonyl (C=O) groups is 1.